The van der Waals surface area contributed by atoms with E-state index in [1.807, 2.05) is 26.0 Å². The molecular weight excluding hydrogens is 200 g/mol. The van der Waals surface area contributed by atoms with Crippen molar-refractivity contribution in [1.29, 1.82) is 0 Å². The van der Waals surface area contributed by atoms with Crippen LogP contribution in [0.1, 0.15) is 16.7 Å². The van der Waals surface area contributed by atoms with Gasteiger partial charge in [0.25, 0.3) is 0 Å². The van der Waals surface area contributed by atoms with Crippen LogP contribution in [0.3, 0.4) is 0 Å². The predicted molar refractivity (Wildman–Crippen MR) is 61.7 cm³/mol. The molecular formula is C11H11ClS. The highest BCUT2D eigenvalue weighted by molar-refractivity contribution is 7.80. The van der Waals surface area contributed by atoms with Crippen molar-refractivity contribution >= 4 is 24.2 Å². The van der Waals surface area contributed by atoms with E-state index in [2.05, 4.69) is 24.5 Å². The van der Waals surface area contributed by atoms with Crippen molar-refractivity contribution in [2.45, 2.75) is 13.8 Å². The molecule has 0 aliphatic heterocycles. The van der Waals surface area contributed by atoms with Gasteiger partial charge in [-0.25, -0.2) is 0 Å². The highest BCUT2D eigenvalue weighted by Gasteiger charge is 2.00. The maximum absolute atomic E-state index is 6.02. The van der Waals surface area contributed by atoms with E-state index in [1.54, 1.807) is 0 Å². The number of rotatable bonds is 0. The second kappa shape index (κ2) is 4.60. The molecule has 0 aliphatic rings. The number of hydrogen-bond donors (Lipinski definition) is 1. The minimum atomic E-state index is 0.584. The molecule has 0 N–H and O–H groups in total. The van der Waals surface area contributed by atoms with Crippen LogP contribution in [-0.4, -0.2) is 5.75 Å². The molecule has 0 atom stereocenters. The maximum atomic E-state index is 6.02. The number of aryl methyl sites for hydroxylation is 2. The molecule has 0 heterocycles. The fourth-order valence-corrected chi connectivity index (χ4v) is 1.35. The van der Waals surface area contributed by atoms with E-state index in [4.69, 9.17) is 11.6 Å². The molecule has 0 spiro atoms. The lowest BCUT2D eigenvalue weighted by Gasteiger charge is -2.02. The van der Waals surface area contributed by atoms with Crippen molar-refractivity contribution in [3.63, 3.8) is 0 Å². The number of thiol groups is 1. The summed E-state index contributed by atoms with van der Waals surface area (Å²) in [5.41, 5.74) is 3.16. The first kappa shape index (κ1) is 10.5. The monoisotopic (exact) mass is 210 g/mol. The molecule has 0 saturated carbocycles. The number of halogens is 1. The third kappa shape index (κ3) is 2.69. The fraction of sp³-hybridized carbons (Fsp3) is 0.273. The first-order valence-electron chi connectivity index (χ1n) is 4.01. The lowest BCUT2D eigenvalue weighted by atomic mass is 10.1. The molecule has 0 fully saturated rings. The predicted octanol–water partition coefficient (Wildman–Crippen LogP) is 3.24. The van der Waals surface area contributed by atoms with Gasteiger partial charge in [0.1, 0.15) is 0 Å². The van der Waals surface area contributed by atoms with E-state index >= 15 is 0 Å². The molecule has 1 aromatic carbocycles. The molecule has 0 aromatic heterocycles. The summed E-state index contributed by atoms with van der Waals surface area (Å²) in [6, 6.07) is 3.98. The van der Waals surface area contributed by atoms with Gasteiger partial charge in [0.05, 0.1) is 5.75 Å². The zero-order chi connectivity index (χ0) is 9.84. The average Bonchev–Trinajstić information content (AvgIpc) is 2.10. The van der Waals surface area contributed by atoms with Crippen LogP contribution in [0.25, 0.3) is 0 Å². The quantitative estimate of drug-likeness (QED) is 0.493. The van der Waals surface area contributed by atoms with Crippen molar-refractivity contribution in [2.75, 3.05) is 5.75 Å². The Kier molecular flexibility index (Phi) is 3.71. The SMILES string of the molecule is Cc1cc(C#CCS)cc(C)c1Cl. The topological polar surface area (TPSA) is 0 Å². The first-order valence-corrected chi connectivity index (χ1v) is 5.02. The van der Waals surface area contributed by atoms with E-state index in [1.165, 1.54) is 0 Å². The average molecular weight is 211 g/mol. The van der Waals surface area contributed by atoms with Crippen molar-refractivity contribution in [3.8, 4) is 11.8 Å². The van der Waals surface area contributed by atoms with Crippen molar-refractivity contribution < 1.29 is 0 Å². The molecule has 0 saturated heterocycles. The van der Waals surface area contributed by atoms with Gasteiger partial charge in [-0.05, 0) is 37.1 Å². The van der Waals surface area contributed by atoms with Crippen LogP contribution in [0.2, 0.25) is 5.02 Å². The van der Waals surface area contributed by atoms with Crippen LogP contribution in [-0.2, 0) is 0 Å². The van der Waals surface area contributed by atoms with Crippen LogP contribution in [0.4, 0.5) is 0 Å². The van der Waals surface area contributed by atoms with E-state index in [-0.39, 0.29) is 0 Å². The molecule has 0 aliphatic carbocycles. The lowest BCUT2D eigenvalue weighted by Crippen LogP contribution is -1.84. The molecule has 2 heteroatoms. The summed E-state index contributed by atoms with van der Waals surface area (Å²) in [7, 11) is 0. The summed E-state index contributed by atoms with van der Waals surface area (Å²) in [5, 5.41) is 0.830. The third-order valence-electron chi connectivity index (χ3n) is 1.75. The summed E-state index contributed by atoms with van der Waals surface area (Å²) in [6.45, 7) is 3.97. The second-order valence-electron chi connectivity index (χ2n) is 2.88. The highest BCUT2D eigenvalue weighted by atomic mass is 35.5. The van der Waals surface area contributed by atoms with Gasteiger partial charge in [0.15, 0.2) is 0 Å². The van der Waals surface area contributed by atoms with Crippen LogP contribution >= 0.6 is 24.2 Å². The van der Waals surface area contributed by atoms with E-state index in [9.17, 15) is 0 Å². The largest absolute Gasteiger partial charge is 0.166 e. The third-order valence-corrected chi connectivity index (χ3v) is 2.50. The minimum Gasteiger partial charge on any atom is -0.166 e. The molecule has 0 nitrogen and oxygen atoms in total. The van der Waals surface area contributed by atoms with Crippen molar-refractivity contribution in [3.05, 3.63) is 33.8 Å². The van der Waals surface area contributed by atoms with E-state index < -0.39 is 0 Å². The minimum absolute atomic E-state index is 0.584. The molecule has 0 radical (unpaired) electrons. The summed E-state index contributed by atoms with van der Waals surface area (Å²) >= 11 is 10.0. The van der Waals surface area contributed by atoms with Crippen LogP contribution in [0, 0.1) is 25.7 Å². The Morgan fingerprint density at radius 1 is 1.31 bits per heavy atom. The molecule has 13 heavy (non-hydrogen) atoms. The lowest BCUT2D eigenvalue weighted by molar-refractivity contribution is 1.37. The standard InChI is InChI=1S/C11H11ClS/c1-8-6-10(4-3-5-13)7-9(2)11(8)12/h6-7,13H,5H2,1-2H3. The van der Waals surface area contributed by atoms with Gasteiger partial charge in [-0.3, -0.25) is 0 Å². The summed E-state index contributed by atoms with van der Waals surface area (Å²) < 4.78 is 0. The first-order chi connectivity index (χ1) is 6.15. The van der Waals surface area contributed by atoms with E-state index in [0.29, 0.717) is 5.75 Å². The molecule has 0 bridgehead atoms. The molecule has 68 valence electrons. The normalized spacial score (nSPS) is 9.23. The van der Waals surface area contributed by atoms with Gasteiger partial charge < -0.3 is 0 Å². The summed E-state index contributed by atoms with van der Waals surface area (Å²) in [4.78, 5) is 0. The number of hydrogen-bond acceptors (Lipinski definition) is 1. The van der Waals surface area contributed by atoms with Crippen LogP contribution < -0.4 is 0 Å². The molecule has 1 aromatic rings. The smallest absolute Gasteiger partial charge is 0.0521 e. The molecule has 1 rings (SSSR count). The van der Waals surface area contributed by atoms with Gasteiger partial charge in [-0.2, -0.15) is 12.6 Å². The molecule has 0 unspecified atom stereocenters. The Morgan fingerprint density at radius 2 is 1.85 bits per heavy atom. The van der Waals surface area contributed by atoms with Crippen molar-refractivity contribution in [1.82, 2.24) is 0 Å². The van der Waals surface area contributed by atoms with Crippen molar-refractivity contribution in [2.24, 2.45) is 0 Å². The van der Waals surface area contributed by atoms with Gasteiger partial charge in [0.2, 0.25) is 0 Å². The van der Waals surface area contributed by atoms with Gasteiger partial charge >= 0.3 is 0 Å². The highest BCUT2D eigenvalue weighted by Crippen LogP contribution is 2.21. The Bertz CT molecular complexity index is 348. The van der Waals surface area contributed by atoms with Gasteiger partial charge in [-0.15, -0.1) is 0 Å². The summed E-state index contributed by atoms with van der Waals surface area (Å²) in [6.07, 6.45) is 0. The zero-order valence-corrected chi connectivity index (χ0v) is 9.34. The molecule has 0 amide bonds. The Morgan fingerprint density at radius 3 is 2.31 bits per heavy atom. The second-order valence-corrected chi connectivity index (χ2v) is 3.58. The zero-order valence-electron chi connectivity index (χ0n) is 7.69. The van der Waals surface area contributed by atoms with Gasteiger partial charge in [-0.1, -0.05) is 23.4 Å². The summed E-state index contributed by atoms with van der Waals surface area (Å²) in [5.74, 6) is 6.51. The Labute approximate surface area is 89.7 Å². The fourth-order valence-electron chi connectivity index (χ4n) is 1.16. The Balaban J connectivity index is 3.13. The maximum Gasteiger partial charge on any atom is 0.0521 e. The van der Waals surface area contributed by atoms with Gasteiger partial charge in [0, 0.05) is 10.6 Å². The Hall–Kier alpha value is -0.580. The van der Waals surface area contributed by atoms with Crippen LogP contribution in [0.15, 0.2) is 12.1 Å². The van der Waals surface area contributed by atoms with E-state index in [0.717, 1.165) is 21.7 Å². The number of benzene rings is 1. The van der Waals surface area contributed by atoms with Crippen LogP contribution in [0.5, 0.6) is 0 Å².